The molecule has 1 saturated heterocycles. The van der Waals surface area contributed by atoms with E-state index in [0.29, 0.717) is 4.31 Å². The Hall–Kier alpha value is -0.380. The molecule has 2 N–H and O–H groups in total. The first-order chi connectivity index (χ1) is 6.85. The van der Waals surface area contributed by atoms with E-state index in [0.717, 1.165) is 0 Å². The van der Waals surface area contributed by atoms with Gasteiger partial charge in [0.25, 0.3) is 10.0 Å². The molecule has 0 amide bonds. The van der Waals surface area contributed by atoms with Gasteiger partial charge in [-0.15, -0.1) is 0 Å². The van der Waals surface area contributed by atoms with Crippen LogP contribution < -0.4 is 5.73 Å². The first-order valence-electron chi connectivity index (χ1n) is 4.03. The predicted octanol–water partition coefficient (Wildman–Crippen LogP) is -0.474. The number of thiocarbonyl (C=S) groups is 1. The van der Waals surface area contributed by atoms with E-state index in [2.05, 4.69) is 12.2 Å². The molecule has 5 nitrogen and oxygen atoms in total. The van der Waals surface area contributed by atoms with Crippen molar-refractivity contribution in [3.8, 4) is 0 Å². The van der Waals surface area contributed by atoms with E-state index < -0.39 is 21.9 Å². The summed E-state index contributed by atoms with van der Waals surface area (Å²) in [5.41, 5.74) is 5.25. The lowest BCUT2D eigenvalue weighted by Gasteiger charge is -2.31. The number of hydrogen-bond acceptors (Lipinski definition) is 4. The van der Waals surface area contributed by atoms with Gasteiger partial charge in [0.2, 0.25) is 0 Å². The fourth-order valence-electron chi connectivity index (χ4n) is 1.14. The van der Waals surface area contributed by atoms with Crippen LogP contribution in [0.2, 0.25) is 0 Å². The standard InChI is InChI=1S/C6H10F2N2O3S2/c7-6(8)15(11,12)10-1-2-13-4(3-10)5(9)14/h4,6H,1-3H2,(H2,9,14). The lowest BCUT2D eigenvalue weighted by atomic mass is 10.3. The molecule has 1 aliphatic heterocycles. The van der Waals surface area contributed by atoms with Crippen molar-refractivity contribution in [2.24, 2.45) is 5.73 Å². The first-order valence-corrected chi connectivity index (χ1v) is 5.95. The van der Waals surface area contributed by atoms with Crippen molar-refractivity contribution in [1.82, 2.24) is 4.31 Å². The van der Waals surface area contributed by atoms with Crippen molar-refractivity contribution in [3.63, 3.8) is 0 Å². The molecule has 1 atom stereocenters. The molecule has 0 radical (unpaired) electrons. The van der Waals surface area contributed by atoms with Crippen LogP contribution in [0, 0.1) is 0 Å². The Kier molecular flexibility index (Phi) is 3.93. The Morgan fingerprint density at radius 3 is 2.67 bits per heavy atom. The Bertz CT molecular complexity index is 346. The molecule has 1 rings (SSSR count). The normalized spacial score (nSPS) is 24.3. The zero-order chi connectivity index (χ0) is 11.6. The minimum absolute atomic E-state index is 0.00789. The fraction of sp³-hybridized carbons (Fsp3) is 0.833. The number of sulfonamides is 1. The average molecular weight is 260 g/mol. The molecule has 0 saturated carbocycles. The van der Waals surface area contributed by atoms with Gasteiger partial charge in [0, 0.05) is 13.1 Å². The van der Waals surface area contributed by atoms with Crippen LogP contribution in [0.15, 0.2) is 0 Å². The van der Waals surface area contributed by atoms with E-state index in [-0.39, 0.29) is 24.7 Å². The van der Waals surface area contributed by atoms with Gasteiger partial charge >= 0.3 is 5.76 Å². The monoisotopic (exact) mass is 260 g/mol. The van der Waals surface area contributed by atoms with Crippen molar-refractivity contribution >= 4 is 27.2 Å². The summed E-state index contributed by atoms with van der Waals surface area (Å²) < 4.78 is 52.2. The van der Waals surface area contributed by atoms with Crippen LogP contribution in [0.4, 0.5) is 8.78 Å². The van der Waals surface area contributed by atoms with Crippen LogP contribution >= 0.6 is 12.2 Å². The quantitative estimate of drug-likeness (QED) is 0.694. The molecule has 1 aliphatic rings. The van der Waals surface area contributed by atoms with Crippen molar-refractivity contribution in [3.05, 3.63) is 0 Å². The van der Waals surface area contributed by atoms with Gasteiger partial charge in [-0.25, -0.2) is 8.42 Å². The second-order valence-corrected chi connectivity index (χ2v) is 5.30. The summed E-state index contributed by atoms with van der Waals surface area (Å²) in [5.74, 6) is -3.43. The average Bonchev–Trinajstić information content (AvgIpc) is 2.17. The van der Waals surface area contributed by atoms with Crippen molar-refractivity contribution in [1.29, 1.82) is 0 Å². The second kappa shape index (κ2) is 4.64. The number of morpholine rings is 1. The number of ether oxygens (including phenoxy) is 1. The molecular weight excluding hydrogens is 250 g/mol. The molecule has 15 heavy (non-hydrogen) atoms. The van der Waals surface area contributed by atoms with E-state index in [9.17, 15) is 17.2 Å². The van der Waals surface area contributed by atoms with Crippen LogP contribution in [-0.4, -0.2) is 49.3 Å². The molecule has 0 aromatic carbocycles. The van der Waals surface area contributed by atoms with Crippen LogP contribution in [-0.2, 0) is 14.8 Å². The number of rotatable bonds is 3. The van der Waals surface area contributed by atoms with Crippen molar-refractivity contribution < 1.29 is 21.9 Å². The van der Waals surface area contributed by atoms with E-state index >= 15 is 0 Å². The SMILES string of the molecule is NC(=S)C1CN(S(=O)(=O)C(F)F)CCO1. The van der Waals surface area contributed by atoms with Crippen LogP contribution in [0.25, 0.3) is 0 Å². The molecule has 1 unspecified atom stereocenters. The van der Waals surface area contributed by atoms with E-state index in [1.165, 1.54) is 0 Å². The number of halogens is 2. The largest absolute Gasteiger partial charge is 0.391 e. The highest BCUT2D eigenvalue weighted by Gasteiger charge is 2.36. The van der Waals surface area contributed by atoms with Gasteiger partial charge in [-0.1, -0.05) is 12.2 Å². The van der Waals surface area contributed by atoms with Crippen LogP contribution in [0.3, 0.4) is 0 Å². The summed E-state index contributed by atoms with van der Waals surface area (Å²) in [6, 6.07) is 0. The number of nitrogens with zero attached hydrogens (tertiary/aromatic N) is 1. The lowest BCUT2D eigenvalue weighted by Crippen LogP contribution is -2.51. The van der Waals surface area contributed by atoms with Gasteiger partial charge in [0.15, 0.2) is 0 Å². The summed E-state index contributed by atoms with van der Waals surface area (Å²) >= 11 is 4.60. The predicted molar refractivity (Wildman–Crippen MR) is 53.0 cm³/mol. The highest BCUT2D eigenvalue weighted by molar-refractivity contribution is 7.89. The summed E-state index contributed by atoms with van der Waals surface area (Å²) in [6.07, 6.45) is -0.790. The van der Waals surface area contributed by atoms with Crippen molar-refractivity contribution in [2.45, 2.75) is 11.9 Å². The first kappa shape index (κ1) is 12.7. The Balaban J connectivity index is 2.77. The third-order valence-corrected chi connectivity index (χ3v) is 3.70. The summed E-state index contributed by atoms with van der Waals surface area (Å²) in [4.78, 5) is -0.0378. The maximum absolute atomic E-state index is 12.2. The summed E-state index contributed by atoms with van der Waals surface area (Å²) in [5, 5.41) is 0. The van der Waals surface area contributed by atoms with Gasteiger partial charge in [-0.3, -0.25) is 0 Å². The van der Waals surface area contributed by atoms with Gasteiger partial charge in [-0.05, 0) is 0 Å². The molecule has 9 heteroatoms. The Labute approximate surface area is 91.2 Å². The Morgan fingerprint density at radius 1 is 1.60 bits per heavy atom. The molecule has 0 spiro atoms. The van der Waals surface area contributed by atoms with E-state index in [4.69, 9.17) is 10.5 Å². The molecule has 88 valence electrons. The molecule has 0 aliphatic carbocycles. The van der Waals surface area contributed by atoms with Gasteiger partial charge in [0.1, 0.15) is 11.1 Å². The Morgan fingerprint density at radius 2 is 2.20 bits per heavy atom. The van der Waals surface area contributed by atoms with Crippen LogP contribution in [0.1, 0.15) is 0 Å². The number of hydrogen-bond donors (Lipinski definition) is 1. The van der Waals surface area contributed by atoms with Crippen LogP contribution in [0.5, 0.6) is 0 Å². The zero-order valence-corrected chi connectivity index (χ0v) is 9.23. The summed E-state index contributed by atoms with van der Waals surface area (Å²) in [7, 11) is -4.56. The smallest absolute Gasteiger partial charge is 0.350 e. The van der Waals surface area contributed by atoms with Gasteiger partial charge in [0.05, 0.1) is 6.61 Å². The molecule has 0 bridgehead atoms. The second-order valence-electron chi connectivity index (χ2n) is 2.93. The third-order valence-electron chi connectivity index (χ3n) is 1.93. The minimum Gasteiger partial charge on any atom is -0.391 e. The topological polar surface area (TPSA) is 72.6 Å². The highest BCUT2D eigenvalue weighted by Crippen LogP contribution is 2.16. The van der Waals surface area contributed by atoms with E-state index in [1.807, 2.05) is 0 Å². The molecule has 1 fully saturated rings. The lowest BCUT2D eigenvalue weighted by molar-refractivity contribution is 0.0359. The highest BCUT2D eigenvalue weighted by atomic mass is 32.2. The van der Waals surface area contributed by atoms with Crippen molar-refractivity contribution in [2.75, 3.05) is 19.7 Å². The van der Waals surface area contributed by atoms with E-state index in [1.54, 1.807) is 0 Å². The summed E-state index contributed by atoms with van der Waals surface area (Å²) in [6.45, 7) is -0.345. The molecule has 0 aromatic heterocycles. The van der Waals surface area contributed by atoms with Gasteiger partial charge < -0.3 is 10.5 Å². The maximum atomic E-state index is 12.2. The zero-order valence-electron chi connectivity index (χ0n) is 7.60. The molecular formula is C6H10F2N2O3S2. The number of alkyl halides is 2. The molecule has 1 heterocycles. The van der Waals surface area contributed by atoms with Gasteiger partial charge in [-0.2, -0.15) is 13.1 Å². The number of nitrogens with two attached hydrogens (primary N) is 1. The molecule has 0 aromatic rings. The minimum atomic E-state index is -4.56. The maximum Gasteiger partial charge on any atom is 0.350 e. The fourth-order valence-corrected chi connectivity index (χ4v) is 2.18. The third kappa shape index (κ3) is 2.80.